The highest BCUT2D eigenvalue weighted by molar-refractivity contribution is 7.86. The summed E-state index contributed by atoms with van der Waals surface area (Å²) in [5.41, 5.74) is 1.15. The first-order chi connectivity index (χ1) is 10.2. The van der Waals surface area contributed by atoms with E-state index in [0.717, 1.165) is 31.5 Å². The molecule has 5 heteroatoms. The van der Waals surface area contributed by atoms with Crippen LogP contribution in [0.1, 0.15) is 39.2 Å². The van der Waals surface area contributed by atoms with Crippen LogP contribution in [0.5, 0.6) is 0 Å². The molecule has 0 radical (unpaired) electrons. The van der Waals surface area contributed by atoms with Gasteiger partial charge in [0.05, 0.1) is 11.5 Å². The lowest BCUT2D eigenvalue weighted by molar-refractivity contribution is 0.0619. The molecule has 0 aliphatic carbocycles. The van der Waals surface area contributed by atoms with Crippen LogP contribution in [0.4, 0.5) is 0 Å². The molecular weight excluding hydrogens is 298 g/mol. The first-order valence-corrected chi connectivity index (χ1v) is 9.30. The topological polar surface area (TPSA) is 46.6 Å². The number of aryl methyl sites for hydroxylation is 1. The van der Waals surface area contributed by atoms with Gasteiger partial charge in [-0.05, 0) is 65.1 Å². The zero-order valence-electron chi connectivity index (χ0n) is 14.0. The Bertz CT molecular complexity index is 587. The van der Waals surface area contributed by atoms with Gasteiger partial charge in [0, 0.05) is 12.1 Å². The van der Waals surface area contributed by atoms with E-state index >= 15 is 0 Å². The van der Waals surface area contributed by atoms with Gasteiger partial charge < -0.3 is 0 Å². The molecule has 0 saturated carbocycles. The number of benzene rings is 1. The van der Waals surface area contributed by atoms with Crippen molar-refractivity contribution in [1.82, 2.24) is 4.90 Å². The number of nitrogens with zero attached hydrogens (tertiary/aromatic N) is 1. The first-order valence-electron chi connectivity index (χ1n) is 7.89. The first kappa shape index (κ1) is 17.4. The summed E-state index contributed by atoms with van der Waals surface area (Å²) in [6.45, 7) is 10.7. The summed E-state index contributed by atoms with van der Waals surface area (Å²) in [6.07, 6.45) is 2.12. The Morgan fingerprint density at radius 3 is 2.45 bits per heavy atom. The Kier molecular flexibility index (Phi) is 5.30. The van der Waals surface area contributed by atoms with Crippen molar-refractivity contribution in [2.24, 2.45) is 5.92 Å². The molecule has 22 heavy (non-hydrogen) atoms. The van der Waals surface area contributed by atoms with Crippen LogP contribution in [0, 0.1) is 12.8 Å². The Morgan fingerprint density at radius 1 is 1.23 bits per heavy atom. The Morgan fingerprint density at radius 2 is 1.86 bits per heavy atom. The normalized spacial score (nSPS) is 21.0. The molecule has 4 nitrogen and oxygen atoms in total. The number of rotatable bonds is 4. The molecule has 1 aliphatic heterocycles. The Hall–Kier alpha value is -0.910. The van der Waals surface area contributed by atoms with Crippen LogP contribution in [0.3, 0.4) is 0 Å². The minimum absolute atomic E-state index is 0.120. The summed E-state index contributed by atoms with van der Waals surface area (Å²) in [5.74, 6) is 0.271. The smallest absolute Gasteiger partial charge is 0.296 e. The number of piperidine rings is 1. The molecule has 1 atom stereocenters. The summed E-state index contributed by atoms with van der Waals surface area (Å²) in [6, 6.07) is 6.79. The lowest BCUT2D eigenvalue weighted by atomic mass is 9.94. The maximum atomic E-state index is 12.2. The highest BCUT2D eigenvalue weighted by atomic mass is 32.2. The molecule has 0 amide bonds. The maximum Gasteiger partial charge on any atom is 0.296 e. The van der Waals surface area contributed by atoms with Crippen molar-refractivity contribution >= 4 is 10.1 Å². The van der Waals surface area contributed by atoms with Crippen molar-refractivity contribution in [1.29, 1.82) is 0 Å². The summed E-state index contributed by atoms with van der Waals surface area (Å²) in [7, 11) is -3.65. The van der Waals surface area contributed by atoms with Crippen LogP contribution in [-0.4, -0.2) is 38.6 Å². The van der Waals surface area contributed by atoms with Gasteiger partial charge in [0.2, 0.25) is 0 Å². The van der Waals surface area contributed by atoms with Crippen molar-refractivity contribution in [3.05, 3.63) is 29.8 Å². The number of likely N-dealkylation sites (tertiary alicyclic amines) is 1. The molecule has 1 unspecified atom stereocenters. The third-order valence-corrected chi connectivity index (χ3v) is 5.53. The lowest BCUT2D eigenvalue weighted by Crippen LogP contribution is -2.48. The minimum Gasteiger partial charge on any atom is -0.298 e. The summed E-state index contributed by atoms with van der Waals surface area (Å²) in [5, 5.41) is 0. The second kappa shape index (κ2) is 6.69. The van der Waals surface area contributed by atoms with Crippen LogP contribution >= 0.6 is 0 Å². The molecule has 2 rings (SSSR count). The van der Waals surface area contributed by atoms with E-state index in [-0.39, 0.29) is 23.0 Å². The van der Waals surface area contributed by atoms with E-state index in [2.05, 4.69) is 25.7 Å². The molecule has 0 aromatic heterocycles. The molecule has 1 aromatic rings. The molecule has 124 valence electrons. The molecule has 1 aliphatic rings. The van der Waals surface area contributed by atoms with Gasteiger partial charge in [0.25, 0.3) is 10.1 Å². The fourth-order valence-corrected chi connectivity index (χ4v) is 3.75. The molecule has 0 N–H and O–H groups in total. The van der Waals surface area contributed by atoms with Crippen molar-refractivity contribution in [2.45, 2.75) is 51.0 Å². The third-order valence-electron chi connectivity index (χ3n) is 4.24. The van der Waals surface area contributed by atoms with Gasteiger partial charge in [0.1, 0.15) is 0 Å². The largest absolute Gasteiger partial charge is 0.298 e. The van der Waals surface area contributed by atoms with Gasteiger partial charge in [-0.1, -0.05) is 17.7 Å². The summed E-state index contributed by atoms with van der Waals surface area (Å²) in [4.78, 5) is 2.64. The molecule has 1 heterocycles. The molecule has 1 fully saturated rings. The van der Waals surface area contributed by atoms with E-state index in [1.165, 1.54) is 0 Å². The highest BCUT2D eigenvalue weighted by Crippen LogP contribution is 2.25. The number of hydrogen-bond acceptors (Lipinski definition) is 4. The standard InChI is InChI=1S/C17H27NO3S/c1-14-7-9-16(10-8-14)22(19,20)21-13-15-6-5-11-18(12-15)17(2,3)4/h7-10,15H,5-6,11-13H2,1-4H3. The summed E-state index contributed by atoms with van der Waals surface area (Å²) < 4.78 is 29.8. The predicted molar refractivity (Wildman–Crippen MR) is 88.4 cm³/mol. The van der Waals surface area contributed by atoms with Crippen LogP contribution in [0.15, 0.2) is 29.2 Å². The second-order valence-corrected chi connectivity index (χ2v) is 8.79. The third kappa shape index (κ3) is 4.54. The zero-order valence-corrected chi connectivity index (χ0v) is 14.8. The second-order valence-electron chi connectivity index (χ2n) is 7.18. The fourth-order valence-electron chi connectivity index (χ4n) is 2.77. The van der Waals surface area contributed by atoms with Crippen molar-refractivity contribution in [2.75, 3.05) is 19.7 Å². The Labute approximate surface area is 134 Å². The van der Waals surface area contributed by atoms with Gasteiger partial charge in [-0.25, -0.2) is 0 Å². The maximum absolute atomic E-state index is 12.2. The van der Waals surface area contributed by atoms with E-state index in [1.807, 2.05) is 6.92 Å². The molecule has 1 aromatic carbocycles. The van der Waals surface area contributed by atoms with Gasteiger partial charge in [0.15, 0.2) is 0 Å². The van der Waals surface area contributed by atoms with Gasteiger partial charge in [-0.15, -0.1) is 0 Å². The lowest BCUT2D eigenvalue weighted by Gasteiger charge is -2.41. The van der Waals surface area contributed by atoms with E-state index in [1.54, 1.807) is 24.3 Å². The van der Waals surface area contributed by atoms with Crippen molar-refractivity contribution in [3.63, 3.8) is 0 Å². The average Bonchev–Trinajstić information content (AvgIpc) is 2.45. The summed E-state index contributed by atoms with van der Waals surface area (Å²) >= 11 is 0. The van der Waals surface area contributed by atoms with Crippen molar-refractivity contribution < 1.29 is 12.6 Å². The fraction of sp³-hybridized carbons (Fsp3) is 0.647. The average molecular weight is 325 g/mol. The van der Waals surface area contributed by atoms with Crippen LogP contribution in [-0.2, 0) is 14.3 Å². The SMILES string of the molecule is Cc1ccc(S(=O)(=O)OCC2CCCN(C(C)(C)C)C2)cc1. The molecule has 0 bridgehead atoms. The Balaban J connectivity index is 1.96. The van der Waals surface area contributed by atoms with Gasteiger partial charge >= 0.3 is 0 Å². The van der Waals surface area contributed by atoms with E-state index in [0.29, 0.717) is 0 Å². The molecule has 1 saturated heterocycles. The number of hydrogen-bond donors (Lipinski definition) is 0. The van der Waals surface area contributed by atoms with E-state index in [9.17, 15) is 8.42 Å². The van der Waals surface area contributed by atoms with Gasteiger partial charge in [-0.3, -0.25) is 9.08 Å². The zero-order chi connectivity index (χ0) is 16.4. The van der Waals surface area contributed by atoms with E-state index < -0.39 is 10.1 Å². The van der Waals surface area contributed by atoms with Crippen LogP contribution in [0.25, 0.3) is 0 Å². The highest BCUT2D eigenvalue weighted by Gasteiger charge is 2.29. The minimum atomic E-state index is -3.65. The van der Waals surface area contributed by atoms with E-state index in [4.69, 9.17) is 4.18 Å². The van der Waals surface area contributed by atoms with Crippen LogP contribution in [0.2, 0.25) is 0 Å². The predicted octanol–water partition coefficient (Wildman–Crippen LogP) is 3.21. The van der Waals surface area contributed by atoms with Crippen LogP contribution < -0.4 is 0 Å². The van der Waals surface area contributed by atoms with Crippen molar-refractivity contribution in [3.8, 4) is 0 Å². The molecule has 0 spiro atoms. The van der Waals surface area contributed by atoms with Gasteiger partial charge in [-0.2, -0.15) is 8.42 Å². The quantitative estimate of drug-likeness (QED) is 0.798. The molecular formula is C17H27NO3S. The monoisotopic (exact) mass is 325 g/mol.